The Kier molecular flexibility index (Phi) is 5.80. The molecule has 2 aromatic carbocycles. The van der Waals surface area contributed by atoms with Crippen LogP contribution in [0.4, 0.5) is 0 Å². The summed E-state index contributed by atoms with van der Waals surface area (Å²) in [4.78, 5) is 5.08. The van der Waals surface area contributed by atoms with Crippen molar-refractivity contribution in [1.29, 1.82) is 0 Å². The molecule has 1 nitrogen and oxygen atoms in total. The minimum atomic E-state index is 0.617. The van der Waals surface area contributed by atoms with Crippen molar-refractivity contribution in [3.63, 3.8) is 0 Å². The van der Waals surface area contributed by atoms with Crippen molar-refractivity contribution in [1.82, 2.24) is 4.98 Å². The molecule has 28 heavy (non-hydrogen) atoms. The fraction of sp³-hybridized carbons (Fsp3) is 0.444. The predicted octanol–water partition coefficient (Wildman–Crippen LogP) is 7.71. The summed E-state index contributed by atoms with van der Waals surface area (Å²) in [7, 11) is 0. The number of hydrogen-bond acceptors (Lipinski definition) is 1. The molecule has 0 N–H and O–H groups in total. The summed E-state index contributed by atoms with van der Waals surface area (Å²) in [5.41, 5.74) is 7.77. The maximum atomic E-state index is 5.08. The highest BCUT2D eigenvalue weighted by Gasteiger charge is 2.22. The molecule has 1 aliphatic rings. The van der Waals surface area contributed by atoms with Gasteiger partial charge in [-0.15, -0.1) is 0 Å². The molecule has 1 unspecified atom stereocenters. The summed E-state index contributed by atoms with van der Waals surface area (Å²) in [5, 5.41) is 1.34. The van der Waals surface area contributed by atoms with E-state index in [0.29, 0.717) is 5.92 Å². The maximum absolute atomic E-state index is 5.08. The van der Waals surface area contributed by atoms with Crippen molar-refractivity contribution in [2.45, 2.75) is 71.6 Å². The van der Waals surface area contributed by atoms with E-state index in [2.05, 4.69) is 69.3 Å². The molecule has 0 amide bonds. The van der Waals surface area contributed by atoms with Crippen molar-refractivity contribution in [2.75, 3.05) is 0 Å². The molecule has 1 aliphatic carbocycles. The smallest absolute Gasteiger partial charge is 0.0712 e. The van der Waals surface area contributed by atoms with E-state index >= 15 is 0 Å². The van der Waals surface area contributed by atoms with Gasteiger partial charge in [-0.05, 0) is 78.5 Å². The number of aromatic nitrogens is 1. The third-order valence-corrected chi connectivity index (χ3v) is 6.78. The normalized spacial score (nSPS) is 16.4. The van der Waals surface area contributed by atoms with Crippen LogP contribution in [0.15, 0.2) is 48.5 Å². The van der Waals surface area contributed by atoms with Crippen molar-refractivity contribution >= 4 is 10.9 Å². The van der Waals surface area contributed by atoms with Crippen molar-refractivity contribution in [2.24, 2.45) is 5.92 Å². The fourth-order valence-corrected chi connectivity index (χ4v) is 4.94. The third kappa shape index (κ3) is 3.85. The highest BCUT2D eigenvalue weighted by molar-refractivity contribution is 5.85. The van der Waals surface area contributed by atoms with Crippen LogP contribution in [0.2, 0.25) is 0 Å². The fourth-order valence-electron chi connectivity index (χ4n) is 4.94. The van der Waals surface area contributed by atoms with Crippen LogP contribution in [0.25, 0.3) is 22.2 Å². The van der Waals surface area contributed by atoms with Gasteiger partial charge in [0.2, 0.25) is 0 Å². The molecule has 4 rings (SSSR count). The monoisotopic (exact) mass is 371 g/mol. The lowest BCUT2D eigenvalue weighted by atomic mass is 9.77. The SMILES string of the molecule is CCc1cc(CC)cc(-c2ccc3c(C(C)C4CCCCC4)cccc3n2)c1. The van der Waals surface area contributed by atoms with Crippen LogP contribution in [-0.4, -0.2) is 4.98 Å². The average Bonchev–Trinajstić information content (AvgIpc) is 2.78. The molecule has 0 saturated heterocycles. The molecule has 0 bridgehead atoms. The standard InChI is InChI=1S/C27H33N/c1-4-20-16-21(5-2)18-23(17-20)26-15-14-25-24(12-9-13-27(25)28-26)19(3)22-10-7-6-8-11-22/h9,12-19,22H,4-8,10-11H2,1-3H3. The number of hydrogen-bond donors (Lipinski definition) is 0. The van der Waals surface area contributed by atoms with E-state index in [1.807, 2.05) is 0 Å². The summed E-state index contributed by atoms with van der Waals surface area (Å²) in [6.45, 7) is 6.88. The highest BCUT2D eigenvalue weighted by Crippen LogP contribution is 2.38. The Morgan fingerprint density at radius 2 is 1.61 bits per heavy atom. The van der Waals surface area contributed by atoms with E-state index in [1.165, 1.54) is 59.7 Å². The first-order valence-electron chi connectivity index (χ1n) is 11.2. The number of aryl methyl sites for hydroxylation is 2. The van der Waals surface area contributed by atoms with Crippen LogP contribution in [0.3, 0.4) is 0 Å². The topological polar surface area (TPSA) is 12.9 Å². The van der Waals surface area contributed by atoms with Gasteiger partial charge in [-0.25, -0.2) is 4.98 Å². The van der Waals surface area contributed by atoms with Crippen LogP contribution in [0.5, 0.6) is 0 Å². The van der Waals surface area contributed by atoms with Crippen molar-refractivity contribution in [3.05, 3.63) is 65.2 Å². The molecule has 1 aromatic heterocycles. The van der Waals surface area contributed by atoms with E-state index in [-0.39, 0.29) is 0 Å². The first-order valence-corrected chi connectivity index (χ1v) is 11.2. The summed E-state index contributed by atoms with van der Waals surface area (Å²) < 4.78 is 0. The Morgan fingerprint density at radius 3 is 2.29 bits per heavy atom. The summed E-state index contributed by atoms with van der Waals surface area (Å²) in [5.74, 6) is 1.44. The van der Waals surface area contributed by atoms with Crippen molar-refractivity contribution in [3.8, 4) is 11.3 Å². The molecule has 1 atom stereocenters. The first-order chi connectivity index (χ1) is 13.7. The second-order valence-electron chi connectivity index (χ2n) is 8.54. The van der Waals surface area contributed by atoms with Crippen molar-refractivity contribution < 1.29 is 0 Å². The number of fused-ring (bicyclic) bond motifs is 1. The maximum Gasteiger partial charge on any atom is 0.0712 e. The highest BCUT2D eigenvalue weighted by atomic mass is 14.7. The molecule has 1 heteroatoms. The van der Waals surface area contributed by atoms with Gasteiger partial charge in [0, 0.05) is 10.9 Å². The molecule has 3 aromatic rings. The number of benzene rings is 2. The Hall–Kier alpha value is -2.15. The van der Waals surface area contributed by atoms with E-state index in [0.717, 1.165) is 30.0 Å². The van der Waals surface area contributed by atoms with Crippen LogP contribution in [-0.2, 0) is 12.8 Å². The van der Waals surface area contributed by atoms with Gasteiger partial charge >= 0.3 is 0 Å². The van der Waals surface area contributed by atoms with Gasteiger partial charge < -0.3 is 0 Å². The molecule has 0 radical (unpaired) electrons. The molecule has 146 valence electrons. The van der Waals surface area contributed by atoms with E-state index in [4.69, 9.17) is 4.98 Å². The molecule has 0 aliphatic heterocycles. The van der Waals surface area contributed by atoms with Crippen LogP contribution in [0, 0.1) is 5.92 Å². The van der Waals surface area contributed by atoms with Crippen LogP contribution < -0.4 is 0 Å². The molecule has 1 heterocycles. The summed E-state index contributed by atoms with van der Waals surface area (Å²) >= 11 is 0. The van der Waals surface area contributed by atoms with Gasteiger partial charge in [-0.3, -0.25) is 0 Å². The number of rotatable bonds is 5. The Labute approximate surface area is 170 Å². The quantitative estimate of drug-likeness (QED) is 0.447. The molecular formula is C27H33N. The van der Waals surface area contributed by atoms with Crippen LogP contribution >= 0.6 is 0 Å². The van der Waals surface area contributed by atoms with Gasteiger partial charge in [-0.2, -0.15) is 0 Å². The lowest BCUT2D eigenvalue weighted by Gasteiger charge is -2.28. The second-order valence-corrected chi connectivity index (χ2v) is 8.54. The third-order valence-electron chi connectivity index (χ3n) is 6.78. The van der Waals surface area contributed by atoms with Gasteiger partial charge in [-0.1, -0.05) is 64.3 Å². The van der Waals surface area contributed by atoms with E-state index in [1.54, 1.807) is 0 Å². The second kappa shape index (κ2) is 8.47. The minimum absolute atomic E-state index is 0.617. The Balaban J connectivity index is 1.73. The van der Waals surface area contributed by atoms with Gasteiger partial charge in [0.15, 0.2) is 0 Å². The summed E-state index contributed by atoms with van der Waals surface area (Å²) in [6, 6.07) is 18.2. The summed E-state index contributed by atoms with van der Waals surface area (Å²) in [6.07, 6.45) is 9.11. The lowest BCUT2D eigenvalue weighted by Crippen LogP contribution is -2.14. The lowest BCUT2D eigenvalue weighted by molar-refractivity contribution is 0.317. The average molecular weight is 372 g/mol. The zero-order valence-corrected chi connectivity index (χ0v) is 17.7. The minimum Gasteiger partial charge on any atom is -0.248 e. The van der Waals surface area contributed by atoms with E-state index < -0.39 is 0 Å². The number of nitrogens with zero attached hydrogens (tertiary/aromatic N) is 1. The van der Waals surface area contributed by atoms with Gasteiger partial charge in [0.25, 0.3) is 0 Å². The molecule has 1 saturated carbocycles. The number of pyridine rings is 1. The first kappa shape index (κ1) is 19.2. The van der Waals surface area contributed by atoms with Gasteiger partial charge in [0.05, 0.1) is 11.2 Å². The zero-order chi connectivity index (χ0) is 19.5. The molecular weight excluding hydrogens is 338 g/mol. The largest absolute Gasteiger partial charge is 0.248 e. The molecule has 0 spiro atoms. The zero-order valence-electron chi connectivity index (χ0n) is 17.7. The Morgan fingerprint density at radius 1 is 0.893 bits per heavy atom. The molecule has 1 fully saturated rings. The Bertz CT molecular complexity index is 927. The van der Waals surface area contributed by atoms with E-state index in [9.17, 15) is 0 Å². The van der Waals surface area contributed by atoms with Crippen LogP contribution in [0.1, 0.15) is 75.5 Å². The predicted molar refractivity (Wildman–Crippen MR) is 121 cm³/mol. The van der Waals surface area contributed by atoms with Gasteiger partial charge in [0.1, 0.15) is 0 Å².